The van der Waals surface area contributed by atoms with E-state index < -0.39 is 6.61 Å². The molecule has 3 N–H and O–H groups in total. The van der Waals surface area contributed by atoms with Crippen molar-refractivity contribution in [2.75, 3.05) is 25.0 Å². The second kappa shape index (κ2) is 11.4. The molecule has 0 unspecified atom stereocenters. The van der Waals surface area contributed by atoms with E-state index in [1.807, 2.05) is 0 Å². The number of nitrogens with one attached hydrogen (secondary N) is 3. The van der Waals surface area contributed by atoms with Gasteiger partial charge in [-0.3, -0.25) is 9.59 Å². The lowest BCUT2D eigenvalue weighted by Gasteiger charge is -2.12. The molecule has 0 fully saturated rings. The summed E-state index contributed by atoms with van der Waals surface area (Å²) in [6.45, 7) is 1.44. The SMILES string of the molecule is C=CCNC(=O)c1ccccc1NCC(=O)NCCc1ccc(OC(F)F)cc1. The molecule has 2 aromatic rings. The quantitative estimate of drug-likeness (QED) is 0.504. The summed E-state index contributed by atoms with van der Waals surface area (Å²) in [5, 5.41) is 8.42. The van der Waals surface area contributed by atoms with Gasteiger partial charge < -0.3 is 20.7 Å². The van der Waals surface area contributed by atoms with Gasteiger partial charge >= 0.3 is 6.61 Å². The van der Waals surface area contributed by atoms with Gasteiger partial charge in [0.05, 0.1) is 12.1 Å². The number of amides is 2. The van der Waals surface area contributed by atoms with Crippen LogP contribution in [-0.2, 0) is 11.2 Å². The third-order valence-corrected chi connectivity index (χ3v) is 3.90. The lowest BCUT2D eigenvalue weighted by Crippen LogP contribution is -2.32. The molecule has 0 atom stereocenters. The normalized spacial score (nSPS) is 10.3. The molecule has 0 aromatic heterocycles. The van der Waals surface area contributed by atoms with Gasteiger partial charge in [0.15, 0.2) is 0 Å². The fraction of sp³-hybridized carbons (Fsp3) is 0.238. The second-order valence-electron chi connectivity index (χ2n) is 6.02. The molecular weight excluding hydrogens is 380 g/mol. The Balaban J connectivity index is 1.77. The molecule has 2 amide bonds. The molecule has 0 radical (unpaired) electrons. The number of hydrogen-bond acceptors (Lipinski definition) is 4. The van der Waals surface area contributed by atoms with E-state index in [4.69, 9.17) is 0 Å². The number of carbonyl (C=O) groups is 2. The number of para-hydroxylation sites is 1. The van der Waals surface area contributed by atoms with Crippen LogP contribution in [-0.4, -0.2) is 38.1 Å². The Morgan fingerprint density at radius 1 is 1.07 bits per heavy atom. The van der Waals surface area contributed by atoms with E-state index in [1.165, 1.54) is 12.1 Å². The molecule has 6 nitrogen and oxygen atoms in total. The standard InChI is InChI=1S/C21H23F2N3O3/c1-2-12-25-20(28)17-5-3-4-6-18(17)26-14-19(27)24-13-11-15-7-9-16(10-8-15)29-21(22)23/h2-10,21,26H,1,11-14H2,(H,24,27)(H,25,28). The van der Waals surface area contributed by atoms with Gasteiger partial charge in [-0.2, -0.15) is 8.78 Å². The van der Waals surface area contributed by atoms with Crippen molar-refractivity contribution in [3.63, 3.8) is 0 Å². The summed E-state index contributed by atoms with van der Waals surface area (Å²) in [5.74, 6) is -0.399. The van der Waals surface area contributed by atoms with Crippen LogP contribution in [0.3, 0.4) is 0 Å². The number of halogens is 2. The van der Waals surface area contributed by atoms with E-state index in [1.54, 1.807) is 42.5 Å². The highest BCUT2D eigenvalue weighted by molar-refractivity contribution is 6.00. The first-order valence-corrected chi connectivity index (χ1v) is 9.02. The molecule has 29 heavy (non-hydrogen) atoms. The van der Waals surface area contributed by atoms with Crippen molar-refractivity contribution >= 4 is 17.5 Å². The van der Waals surface area contributed by atoms with Crippen LogP contribution in [0.1, 0.15) is 15.9 Å². The molecule has 2 aromatic carbocycles. The zero-order valence-corrected chi connectivity index (χ0v) is 15.8. The Bertz CT molecular complexity index is 826. The number of rotatable bonds is 11. The van der Waals surface area contributed by atoms with Gasteiger partial charge in [0.25, 0.3) is 5.91 Å². The number of carbonyl (C=O) groups excluding carboxylic acids is 2. The van der Waals surface area contributed by atoms with E-state index in [-0.39, 0.29) is 24.1 Å². The van der Waals surface area contributed by atoms with Gasteiger partial charge in [-0.15, -0.1) is 6.58 Å². The first-order chi connectivity index (χ1) is 14.0. The third-order valence-electron chi connectivity index (χ3n) is 3.90. The Kier molecular flexibility index (Phi) is 8.62. The monoisotopic (exact) mass is 403 g/mol. The maximum atomic E-state index is 12.1. The van der Waals surface area contributed by atoms with Crippen LogP contribution in [0.2, 0.25) is 0 Å². The Labute approximate surface area is 168 Å². The van der Waals surface area contributed by atoms with E-state index in [0.29, 0.717) is 30.8 Å². The van der Waals surface area contributed by atoms with Crippen molar-refractivity contribution in [2.45, 2.75) is 13.0 Å². The van der Waals surface area contributed by atoms with Crippen molar-refractivity contribution in [2.24, 2.45) is 0 Å². The lowest BCUT2D eigenvalue weighted by atomic mass is 10.1. The Morgan fingerprint density at radius 3 is 2.48 bits per heavy atom. The minimum absolute atomic E-state index is 0.00686. The van der Waals surface area contributed by atoms with Crippen LogP contribution in [0.4, 0.5) is 14.5 Å². The molecule has 0 aliphatic carbocycles. The van der Waals surface area contributed by atoms with Gasteiger partial charge in [0.1, 0.15) is 5.75 Å². The molecule has 2 rings (SSSR count). The molecular formula is C21H23F2N3O3. The summed E-state index contributed by atoms with van der Waals surface area (Å²) in [5.41, 5.74) is 1.87. The molecule has 0 heterocycles. The minimum atomic E-state index is -2.86. The lowest BCUT2D eigenvalue weighted by molar-refractivity contribution is -0.119. The summed E-state index contributed by atoms with van der Waals surface area (Å²) >= 11 is 0. The van der Waals surface area contributed by atoms with Crippen molar-refractivity contribution in [1.82, 2.24) is 10.6 Å². The van der Waals surface area contributed by atoms with Crippen LogP contribution in [0, 0.1) is 0 Å². The zero-order valence-electron chi connectivity index (χ0n) is 15.8. The maximum absolute atomic E-state index is 12.1. The number of anilines is 1. The zero-order chi connectivity index (χ0) is 21.1. The average Bonchev–Trinajstić information content (AvgIpc) is 2.71. The van der Waals surface area contributed by atoms with E-state index >= 15 is 0 Å². The van der Waals surface area contributed by atoms with Crippen LogP contribution in [0.15, 0.2) is 61.2 Å². The minimum Gasteiger partial charge on any atom is -0.435 e. The highest BCUT2D eigenvalue weighted by Crippen LogP contribution is 2.15. The highest BCUT2D eigenvalue weighted by Gasteiger charge is 2.11. The van der Waals surface area contributed by atoms with E-state index in [9.17, 15) is 18.4 Å². The fourth-order valence-electron chi connectivity index (χ4n) is 2.52. The van der Waals surface area contributed by atoms with E-state index in [2.05, 4.69) is 27.3 Å². The smallest absolute Gasteiger partial charge is 0.387 e. The van der Waals surface area contributed by atoms with Crippen LogP contribution in [0.5, 0.6) is 5.75 Å². The second-order valence-corrected chi connectivity index (χ2v) is 6.02. The molecule has 0 aliphatic rings. The van der Waals surface area contributed by atoms with Crippen molar-refractivity contribution in [1.29, 1.82) is 0 Å². The van der Waals surface area contributed by atoms with Gasteiger partial charge in [0.2, 0.25) is 5.91 Å². The molecule has 8 heteroatoms. The number of ether oxygens (including phenoxy) is 1. The van der Waals surface area contributed by atoms with E-state index in [0.717, 1.165) is 5.56 Å². The third kappa shape index (κ3) is 7.61. The summed E-state index contributed by atoms with van der Waals surface area (Å²) in [6.07, 6.45) is 2.13. The highest BCUT2D eigenvalue weighted by atomic mass is 19.3. The van der Waals surface area contributed by atoms with Gasteiger partial charge in [-0.05, 0) is 36.2 Å². The molecule has 0 aliphatic heterocycles. The Morgan fingerprint density at radius 2 is 1.79 bits per heavy atom. The molecule has 0 saturated carbocycles. The first kappa shape index (κ1) is 21.9. The average molecular weight is 403 g/mol. The summed E-state index contributed by atoms with van der Waals surface area (Å²) in [4.78, 5) is 24.2. The van der Waals surface area contributed by atoms with Crippen LogP contribution < -0.4 is 20.7 Å². The molecule has 0 spiro atoms. The van der Waals surface area contributed by atoms with Gasteiger partial charge in [-0.25, -0.2) is 0 Å². The summed E-state index contributed by atoms with van der Waals surface area (Å²) in [7, 11) is 0. The largest absolute Gasteiger partial charge is 0.435 e. The summed E-state index contributed by atoms with van der Waals surface area (Å²) in [6, 6.07) is 13.1. The van der Waals surface area contributed by atoms with Gasteiger partial charge in [0, 0.05) is 18.8 Å². The van der Waals surface area contributed by atoms with Gasteiger partial charge in [-0.1, -0.05) is 30.3 Å². The molecule has 0 saturated heterocycles. The van der Waals surface area contributed by atoms with Crippen molar-refractivity contribution in [3.8, 4) is 5.75 Å². The maximum Gasteiger partial charge on any atom is 0.387 e. The predicted octanol–water partition coefficient (Wildman–Crippen LogP) is 2.97. The van der Waals surface area contributed by atoms with Crippen LogP contribution in [0.25, 0.3) is 0 Å². The Hall–Kier alpha value is -3.42. The number of alkyl halides is 2. The van der Waals surface area contributed by atoms with Crippen LogP contribution >= 0.6 is 0 Å². The molecule has 0 bridgehead atoms. The van der Waals surface area contributed by atoms with Crippen molar-refractivity contribution < 1.29 is 23.1 Å². The summed E-state index contributed by atoms with van der Waals surface area (Å²) < 4.78 is 28.5. The van der Waals surface area contributed by atoms with Crippen molar-refractivity contribution in [3.05, 3.63) is 72.3 Å². The number of benzene rings is 2. The topological polar surface area (TPSA) is 79.5 Å². The first-order valence-electron chi connectivity index (χ1n) is 9.02. The number of hydrogen-bond donors (Lipinski definition) is 3. The molecule has 154 valence electrons. The predicted molar refractivity (Wildman–Crippen MR) is 107 cm³/mol. The fourth-order valence-corrected chi connectivity index (χ4v) is 2.52.